The molecular formula is C13H22BrN3. The van der Waals surface area contributed by atoms with Gasteiger partial charge in [0.05, 0.1) is 5.33 Å². The molecule has 0 radical (unpaired) electrons. The van der Waals surface area contributed by atoms with Crippen LogP contribution in [0.25, 0.3) is 0 Å². The average molecular weight is 300 g/mol. The van der Waals surface area contributed by atoms with E-state index in [1.54, 1.807) is 0 Å². The fourth-order valence-corrected chi connectivity index (χ4v) is 3.19. The van der Waals surface area contributed by atoms with Crippen molar-refractivity contribution in [3.05, 3.63) is 11.6 Å². The fourth-order valence-electron chi connectivity index (χ4n) is 2.81. The number of hydrogen-bond donors (Lipinski definition) is 0. The van der Waals surface area contributed by atoms with Gasteiger partial charge in [-0.3, -0.25) is 0 Å². The first kappa shape index (κ1) is 13.1. The van der Waals surface area contributed by atoms with Crippen molar-refractivity contribution in [3.63, 3.8) is 0 Å². The van der Waals surface area contributed by atoms with Crippen LogP contribution in [0.3, 0.4) is 0 Å². The predicted molar refractivity (Wildman–Crippen MR) is 73.5 cm³/mol. The van der Waals surface area contributed by atoms with Gasteiger partial charge in [0.25, 0.3) is 0 Å². The van der Waals surface area contributed by atoms with E-state index in [1.807, 2.05) is 0 Å². The van der Waals surface area contributed by atoms with Crippen LogP contribution in [0.1, 0.15) is 76.0 Å². The lowest BCUT2D eigenvalue weighted by Gasteiger charge is -2.18. The third-order valence-electron chi connectivity index (χ3n) is 3.65. The molecule has 1 fully saturated rings. The lowest BCUT2D eigenvalue weighted by Crippen LogP contribution is -2.13. The van der Waals surface area contributed by atoms with E-state index in [0.29, 0.717) is 12.0 Å². The molecule has 1 aliphatic carbocycles. The number of halogens is 1. The Kier molecular flexibility index (Phi) is 4.60. The van der Waals surface area contributed by atoms with Crippen LogP contribution in [-0.2, 0) is 5.33 Å². The van der Waals surface area contributed by atoms with Gasteiger partial charge in [-0.2, -0.15) is 0 Å². The molecular weight excluding hydrogens is 278 g/mol. The minimum atomic E-state index is 0.454. The molecule has 4 heteroatoms. The summed E-state index contributed by atoms with van der Waals surface area (Å²) in [7, 11) is 0. The number of nitrogens with zero attached hydrogens (tertiary/aromatic N) is 3. The molecule has 3 nitrogen and oxygen atoms in total. The first-order chi connectivity index (χ1) is 8.24. The van der Waals surface area contributed by atoms with Gasteiger partial charge in [0.1, 0.15) is 11.6 Å². The van der Waals surface area contributed by atoms with E-state index < -0.39 is 0 Å². The molecule has 1 aliphatic rings. The van der Waals surface area contributed by atoms with Crippen molar-refractivity contribution in [2.45, 2.75) is 69.7 Å². The molecule has 0 atom stereocenters. The monoisotopic (exact) mass is 299 g/mol. The Hall–Kier alpha value is -0.380. The zero-order chi connectivity index (χ0) is 12.3. The molecule has 96 valence electrons. The van der Waals surface area contributed by atoms with Crippen LogP contribution in [0.4, 0.5) is 0 Å². The van der Waals surface area contributed by atoms with Gasteiger partial charge in [-0.15, -0.1) is 10.2 Å². The van der Waals surface area contributed by atoms with Gasteiger partial charge in [0.15, 0.2) is 0 Å². The Morgan fingerprint density at radius 2 is 1.82 bits per heavy atom. The third kappa shape index (κ3) is 2.90. The van der Waals surface area contributed by atoms with Gasteiger partial charge in [0.2, 0.25) is 0 Å². The highest BCUT2D eigenvalue weighted by molar-refractivity contribution is 9.08. The molecule has 0 spiro atoms. The predicted octanol–water partition coefficient (Wildman–Crippen LogP) is 4.19. The van der Waals surface area contributed by atoms with Gasteiger partial charge < -0.3 is 4.57 Å². The van der Waals surface area contributed by atoms with Crippen molar-refractivity contribution in [1.82, 2.24) is 14.8 Å². The lowest BCUT2D eigenvalue weighted by molar-refractivity contribution is 0.484. The highest BCUT2D eigenvalue weighted by Crippen LogP contribution is 2.32. The maximum Gasteiger partial charge on any atom is 0.143 e. The SMILES string of the molecule is CC(C)n1c(CBr)nnc1C1CCCCCC1. The van der Waals surface area contributed by atoms with Gasteiger partial charge in [-0.05, 0) is 26.7 Å². The maximum atomic E-state index is 4.46. The molecule has 0 aromatic carbocycles. The topological polar surface area (TPSA) is 30.7 Å². The Bertz CT molecular complexity index is 352. The maximum absolute atomic E-state index is 4.46. The third-order valence-corrected chi connectivity index (χ3v) is 4.15. The Morgan fingerprint density at radius 1 is 1.18 bits per heavy atom. The van der Waals surface area contributed by atoms with Gasteiger partial charge in [0, 0.05) is 12.0 Å². The van der Waals surface area contributed by atoms with Crippen LogP contribution >= 0.6 is 15.9 Å². The zero-order valence-electron chi connectivity index (χ0n) is 10.8. The van der Waals surface area contributed by atoms with Crippen molar-refractivity contribution in [2.24, 2.45) is 0 Å². The number of hydrogen-bond acceptors (Lipinski definition) is 2. The number of alkyl halides is 1. The van der Waals surface area contributed by atoms with Crippen LogP contribution in [0, 0.1) is 0 Å². The summed E-state index contributed by atoms with van der Waals surface area (Å²) in [5.74, 6) is 2.91. The molecule has 1 aromatic heterocycles. The molecule has 0 unspecified atom stereocenters. The summed E-state index contributed by atoms with van der Waals surface area (Å²) in [5.41, 5.74) is 0. The minimum Gasteiger partial charge on any atom is -0.311 e. The van der Waals surface area contributed by atoms with Crippen LogP contribution in [-0.4, -0.2) is 14.8 Å². The highest BCUT2D eigenvalue weighted by Gasteiger charge is 2.23. The zero-order valence-corrected chi connectivity index (χ0v) is 12.4. The van der Waals surface area contributed by atoms with Crippen molar-refractivity contribution in [2.75, 3.05) is 0 Å². The minimum absolute atomic E-state index is 0.454. The summed E-state index contributed by atoms with van der Waals surface area (Å²) in [4.78, 5) is 0. The molecule has 0 amide bonds. The Morgan fingerprint density at radius 3 is 2.35 bits per heavy atom. The molecule has 1 saturated carbocycles. The van der Waals surface area contributed by atoms with E-state index in [0.717, 1.165) is 11.2 Å². The Balaban J connectivity index is 2.26. The molecule has 0 aliphatic heterocycles. The van der Waals surface area contributed by atoms with Crippen molar-refractivity contribution < 1.29 is 0 Å². The van der Waals surface area contributed by atoms with E-state index in [-0.39, 0.29) is 0 Å². The second-order valence-corrected chi connectivity index (χ2v) is 5.82. The summed E-state index contributed by atoms with van der Waals surface area (Å²) in [5, 5.41) is 9.58. The fraction of sp³-hybridized carbons (Fsp3) is 0.846. The van der Waals surface area contributed by atoms with E-state index in [1.165, 1.54) is 44.3 Å². The van der Waals surface area contributed by atoms with E-state index in [2.05, 4.69) is 44.5 Å². The molecule has 1 aromatic rings. The summed E-state index contributed by atoms with van der Waals surface area (Å²) in [6, 6.07) is 0.454. The van der Waals surface area contributed by atoms with Gasteiger partial charge in [-0.1, -0.05) is 41.6 Å². The van der Waals surface area contributed by atoms with Crippen LogP contribution in [0.15, 0.2) is 0 Å². The summed E-state index contributed by atoms with van der Waals surface area (Å²) in [6.45, 7) is 4.44. The number of rotatable bonds is 3. The van der Waals surface area contributed by atoms with Crippen molar-refractivity contribution in [1.29, 1.82) is 0 Å². The molecule has 0 N–H and O–H groups in total. The second-order valence-electron chi connectivity index (χ2n) is 5.26. The first-order valence-corrected chi connectivity index (χ1v) is 7.85. The van der Waals surface area contributed by atoms with Crippen LogP contribution < -0.4 is 0 Å². The van der Waals surface area contributed by atoms with Gasteiger partial charge >= 0.3 is 0 Å². The first-order valence-electron chi connectivity index (χ1n) is 6.73. The highest BCUT2D eigenvalue weighted by atomic mass is 79.9. The standard InChI is InChI=1S/C13H22BrN3/c1-10(2)17-12(9-14)15-16-13(17)11-7-5-3-4-6-8-11/h10-11H,3-9H2,1-2H3. The average Bonchev–Trinajstić information content (AvgIpc) is 2.56. The van der Waals surface area contributed by atoms with E-state index >= 15 is 0 Å². The number of aromatic nitrogens is 3. The molecule has 17 heavy (non-hydrogen) atoms. The largest absolute Gasteiger partial charge is 0.311 e. The molecule has 2 rings (SSSR count). The van der Waals surface area contributed by atoms with Crippen LogP contribution in [0.5, 0.6) is 0 Å². The summed E-state index contributed by atoms with van der Waals surface area (Å²) < 4.78 is 2.32. The summed E-state index contributed by atoms with van der Waals surface area (Å²) >= 11 is 3.51. The normalized spacial score (nSPS) is 18.6. The molecule has 0 saturated heterocycles. The van der Waals surface area contributed by atoms with Crippen molar-refractivity contribution >= 4 is 15.9 Å². The molecule has 1 heterocycles. The smallest absolute Gasteiger partial charge is 0.143 e. The lowest BCUT2D eigenvalue weighted by atomic mass is 9.99. The summed E-state index contributed by atoms with van der Waals surface area (Å²) in [6.07, 6.45) is 8.04. The van der Waals surface area contributed by atoms with E-state index in [9.17, 15) is 0 Å². The van der Waals surface area contributed by atoms with Gasteiger partial charge in [-0.25, -0.2) is 0 Å². The molecule has 0 bridgehead atoms. The quantitative estimate of drug-likeness (QED) is 0.619. The van der Waals surface area contributed by atoms with Crippen molar-refractivity contribution in [3.8, 4) is 0 Å². The second kappa shape index (κ2) is 5.98. The van der Waals surface area contributed by atoms with Crippen LogP contribution in [0.2, 0.25) is 0 Å². The Labute approximate surface area is 112 Å². The van der Waals surface area contributed by atoms with E-state index in [4.69, 9.17) is 0 Å².